The number of halogens is 1. The van der Waals surface area contributed by atoms with E-state index in [4.69, 9.17) is 26.2 Å². The third-order valence-electron chi connectivity index (χ3n) is 6.33. The van der Waals surface area contributed by atoms with Crippen molar-refractivity contribution in [3.8, 4) is 34.0 Å². The van der Waals surface area contributed by atoms with Gasteiger partial charge in [-0.2, -0.15) is 5.10 Å². The summed E-state index contributed by atoms with van der Waals surface area (Å²) < 4.78 is 13.9. The van der Waals surface area contributed by atoms with Crippen LogP contribution in [0.25, 0.3) is 22.5 Å². The second kappa shape index (κ2) is 13.3. The first-order valence-corrected chi connectivity index (χ1v) is 13.5. The molecule has 1 aromatic heterocycles. The standard InChI is InChI=1S/C31H33ClN2O5/c1-3-24(35)19-34-28(25-10-5-6-11-29(25)38-4-2)18-27(33-34)26-17-21(13-15-31(36)37)12-14-30(26)39-20-22-8-7-9-23(32)16-22/h5-12,14,16-18,24,35H,3-4,13,15,19-20H2,1-2H3,(H,36,37)/t24-/m0/s1. The summed E-state index contributed by atoms with van der Waals surface area (Å²) in [5, 5.41) is 25.2. The number of carboxylic acids is 1. The van der Waals surface area contributed by atoms with Crippen LogP contribution in [0.4, 0.5) is 0 Å². The molecule has 0 aliphatic carbocycles. The Kier molecular flexibility index (Phi) is 9.63. The van der Waals surface area contributed by atoms with Crippen molar-refractivity contribution < 1.29 is 24.5 Å². The van der Waals surface area contributed by atoms with Crippen LogP contribution in [0.3, 0.4) is 0 Å². The average Bonchev–Trinajstić information content (AvgIpc) is 3.34. The molecule has 8 heteroatoms. The van der Waals surface area contributed by atoms with Gasteiger partial charge in [0.2, 0.25) is 0 Å². The fourth-order valence-electron chi connectivity index (χ4n) is 4.29. The second-order valence-corrected chi connectivity index (χ2v) is 9.67. The first-order valence-electron chi connectivity index (χ1n) is 13.1. The van der Waals surface area contributed by atoms with Crippen LogP contribution in [-0.4, -0.2) is 38.7 Å². The Bertz CT molecular complexity index is 1420. The molecule has 0 aliphatic rings. The first-order chi connectivity index (χ1) is 18.9. The van der Waals surface area contributed by atoms with Crippen LogP contribution in [0.5, 0.6) is 11.5 Å². The number of ether oxygens (including phenoxy) is 2. The van der Waals surface area contributed by atoms with Gasteiger partial charge in [-0.15, -0.1) is 0 Å². The van der Waals surface area contributed by atoms with Crippen molar-refractivity contribution in [3.63, 3.8) is 0 Å². The summed E-state index contributed by atoms with van der Waals surface area (Å²) in [5.74, 6) is 0.483. The lowest BCUT2D eigenvalue weighted by molar-refractivity contribution is -0.136. The molecule has 4 rings (SSSR count). The minimum atomic E-state index is -0.856. The molecule has 7 nitrogen and oxygen atoms in total. The zero-order chi connectivity index (χ0) is 27.8. The van der Waals surface area contributed by atoms with Gasteiger partial charge in [-0.25, -0.2) is 0 Å². The van der Waals surface area contributed by atoms with Crippen molar-refractivity contribution >= 4 is 17.6 Å². The molecule has 0 aliphatic heterocycles. The number of para-hydroxylation sites is 1. The van der Waals surface area contributed by atoms with Gasteiger partial charge in [0.15, 0.2) is 0 Å². The van der Waals surface area contributed by atoms with Gasteiger partial charge in [-0.05, 0) is 73.4 Å². The smallest absolute Gasteiger partial charge is 0.303 e. The quantitative estimate of drug-likeness (QED) is 0.194. The van der Waals surface area contributed by atoms with E-state index in [1.54, 1.807) is 4.68 Å². The predicted molar refractivity (Wildman–Crippen MR) is 152 cm³/mol. The third-order valence-corrected chi connectivity index (χ3v) is 6.56. The van der Waals surface area contributed by atoms with Gasteiger partial charge in [0, 0.05) is 22.6 Å². The molecule has 0 saturated carbocycles. The van der Waals surface area contributed by atoms with Crippen LogP contribution >= 0.6 is 11.6 Å². The second-order valence-electron chi connectivity index (χ2n) is 9.23. The van der Waals surface area contributed by atoms with E-state index in [0.717, 1.165) is 33.7 Å². The lowest BCUT2D eigenvalue weighted by atomic mass is 10.0. The molecule has 4 aromatic rings. The molecule has 39 heavy (non-hydrogen) atoms. The number of aliphatic hydroxyl groups is 1. The first kappa shape index (κ1) is 28.2. The van der Waals surface area contributed by atoms with Gasteiger partial charge < -0.3 is 19.7 Å². The minimum Gasteiger partial charge on any atom is -0.493 e. The maximum absolute atomic E-state index is 11.2. The van der Waals surface area contributed by atoms with Gasteiger partial charge in [0.25, 0.3) is 0 Å². The van der Waals surface area contributed by atoms with Crippen molar-refractivity contribution in [2.75, 3.05) is 6.61 Å². The Hall–Kier alpha value is -3.81. The highest BCUT2D eigenvalue weighted by molar-refractivity contribution is 6.30. The Morgan fingerprint density at radius 1 is 0.949 bits per heavy atom. The molecule has 1 heterocycles. The van der Waals surface area contributed by atoms with Gasteiger partial charge in [-0.1, -0.05) is 48.9 Å². The van der Waals surface area contributed by atoms with Crippen molar-refractivity contribution in [1.29, 1.82) is 0 Å². The number of nitrogens with zero attached hydrogens (tertiary/aromatic N) is 2. The van der Waals surface area contributed by atoms with Crippen LogP contribution in [0.1, 0.15) is 37.8 Å². The zero-order valence-corrected chi connectivity index (χ0v) is 22.9. The molecule has 0 saturated heterocycles. The van der Waals surface area contributed by atoms with E-state index >= 15 is 0 Å². The van der Waals surface area contributed by atoms with Crippen LogP contribution in [0.15, 0.2) is 72.8 Å². The van der Waals surface area contributed by atoms with Crippen LogP contribution < -0.4 is 9.47 Å². The lowest BCUT2D eigenvalue weighted by Crippen LogP contribution is -2.16. The predicted octanol–water partition coefficient (Wildman–Crippen LogP) is 6.64. The number of rotatable bonds is 13. The summed E-state index contributed by atoms with van der Waals surface area (Å²) in [5.41, 5.74) is 4.84. The number of aromatic nitrogens is 2. The monoisotopic (exact) mass is 548 g/mol. The lowest BCUT2D eigenvalue weighted by Gasteiger charge is -2.14. The van der Waals surface area contributed by atoms with Gasteiger partial charge in [0.1, 0.15) is 18.1 Å². The van der Waals surface area contributed by atoms with Gasteiger partial charge in [-0.3, -0.25) is 9.48 Å². The number of aliphatic hydroxyl groups excluding tert-OH is 1. The molecular formula is C31H33ClN2O5. The molecule has 0 fully saturated rings. The van der Waals surface area contributed by atoms with Gasteiger partial charge >= 0.3 is 5.97 Å². The molecule has 2 N–H and O–H groups in total. The molecule has 0 bridgehead atoms. The topological polar surface area (TPSA) is 93.8 Å². The van der Waals surface area contributed by atoms with E-state index in [-0.39, 0.29) is 6.42 Å². The highest BCUT2D eigenvalue weighted by Gasteiger charge is 2.20. The molecule has 1 atom stereocenters. The van der Waals surface area contributed by atoms with E-state index in [0.29, 0.717) is 49.1 Å². The fourth-order valence-corrected chi connectivity index (χ4v) is 4.50. The molecule has 204 valence electrons. The SMILES string of the molecule is CCOc1ccccc1-c1cc(-c2cc(CCC(=O)O)ccc2OCc2cccc(Cl)c2)nn1C[C@@H](O)CC. The largest absolute Gasteiger partial charge is 0.493 e. The van der Waals surface area contributed by atoms with Crippen LogP contribution in [0.2, 0.25) is 5.02 Å². The number of carboxylic acid groups (broad SMARTS) is 1. The maximum Gasteiger partial charge on any atom is 0.303 e. The van der Waals surface area contributed by atoms with E-state index in [1.807, 2.05) is 86.6 Å². The van der Waals surface area contributed by atoms with Crippen molar-refractivity contribution in [2.45, 2.75) is 52.4 Å². The molecule has 3 aromatic carbocycles. The Morgan fingerprint density at radius 3 is 2.49 bits per heavy atom. The average molecular weight is 549 g/mol. The highest BCUT2D eigenvalue weighted by atomic mass is 35.5. The van der Waals surface area contributed by atoms with E-state index in [2.05, 4.69) is 0 Å². The van der Waals surface area contributed by atoms with E-state index in [9.17, 15) is 15.0 Å². The summed E-state index contributed by atoms with van der Waals surface area (Å²) >= 11 is 6.15. The summed E-state index contributed by atoms with van der Waals surface area (Å²) in [4.78, 5) is 11.2. The summed E-state index contributed by atoms with van der Waals surface area (Å²) in [7, 11) is 0. The Labute approximate surface area is 233 Å². The fraction of sp³-hybridized carbons (Fsp3) is 0.290. The highest BCUT2D eigenvalue weighted by Crippen LogP contribution is 2.37. The molecule has 0 radical (unpaired) electrons. The summed E-state index contributed by atoms with van der Waals surface area (Å²) in [6.07, 6.45) is 0.412. The number of benzene rings is 3. The number of aliphatic carboxylic acids is 1. The Morgan fingerprint density at radius 2 is 1.74 bits per heavy atom. The van der Waals surface area contributed by atoms with Crippen molar-refractivity contribution in [3.05, 3.63) is 88.9 Å². The maximum atomic E-state index is 11.2. The number of aryl methyl sites for hydroxylation is 1. The van der Waals surface area contributed by atoms with Crippen molar-refractivity contribution in [2.24, 2.45) is 0 Å². The number of hydrogen-bond acceptors (Lipinski definition) is 5. The molecule has 0 unspecified atom stereocenters. The molecule has 0 amide bonds. The number of carbonyl (C=O) groups is 1. The van der Waals surface area contributed by atoms with Crippen molar-refractivity contribution in [1.82, 2.24) is 9.78 Å². The molecular weight excluding hydrogens is 516 g/mol. The molecule has 0 spiro atoms. The zero-order valence-electron chi connectivity index (χ0n) is 22.1. The summed E-state index contributed by atoms with van der Waals surface area (Å²) in [6, 6.07) is 22.9. The van der Waals surface area contributed by atoms with Gasteiger partial charge in [0.05, 0.1) is 30.6 Å². The van der Waals surface area contributed by atoms with Crippen LogP contribution in [-0.2, 0) is 24.4 Å². The Balaban J connectivity index is 1.79. The summed E-state index contributed by atoms with van der Waals surface area (Å²) in [6.45, 7) is 4.99. The van der Waals surface area contributed by atoms with E-state index in [1.165, 1.54) is 0 Å². The third kappa shape index (κ3) is 7.40. The van der Waals surface area contributed by atoms with Crippen LogP contribution in [0, 0.1) is 0 Å². The van der Waals surface area contributed by atoms with E-state index < -0.39 is 12.1 Å². The normalized spacial score (nSPS) is 11.8. The number of hydrogen-bond donors (Lipinski definition) is 2. The minimum absolute atomic E-state index is 0.0201.